The van der Waals surface area contributed by atoms with Crippen LogP contribution in [0.25, 0.3) is 0 Å². The van der Waals surface area contributed by atoms with E-state index in [1.807, 2.05) is 89.8 Å². The van der Waals surface area contributed by atoms with Gasteiger partial charge in [-0.15, -0.1) is 0 Å². The lowest BCUT2D eigenvalue weighted by Gasteiger charge is -2.46. The van der Waals surface area contributed by atoms with Crippen molar-refractivity contribution in [3.05, 3.63) is 166 Å². The highest BCUT2D eigenvalue weighted by Crippen LogP contribution is 2.67. The molecule has 1 N–H and O–H groups in total. The Morgan fingerprint density at radius 1 is 0.764 bits per heavy atom. The quantitative estimate of drug-likeness (QED) is 0.0734. The lowest BCUT2D eigenvalue weighted by atomic mass is 9.64. The third-order valence-electron chi connectivity index (χ3n) is 14.7. The molecule has 0 saturated carbocycles. The number of esters is 1. The fourth-order valence-corrected chi connectivity index (χ4v) is 11.6. The molecule has 14 nitrogen and oxygen atoms in total. The van der Waals surface area contributed by atoms with Crippen molar-refractivity contribution >= 4 is 29.6 Å². The number of methoxy groups -OCH3 is 3. The number of anilines is 1. The average Bonchev–Trinajstić information content (AvgIpc) is 3.88. The van der Waals surface area contributed by atoms with E-state index in [1.54, 1.807) is 49.5 Å². The van der Waals surface area contributed by atoms with Gasteiger partial charge in [0.15, 0.2) is 11.5 Å². The van der Waals surface area contributed by atoms with E-state index >= 15 is 14.4 Å². The number of ether oxygens (including phenoxy) is 6. The molecule has 3 amide bonds. The van der Waals surface area contributed by atoms with Crippen LogP contribution in [-0.4, -0.2) is 99.1 Å². The van der Waals surface area contributed by atoms with E-state index in [4.69, 9.17) is 28.4 Å². The van der Waals surface area contributed by atoms with Crippen molar-refractivity contribution in [2.75, 3.05) is 59.2 Å². The van der Waals surface area contributed by atoms with Crippen LogP contribution < -0.4 is 19.1 Å². The molecule has 10 rings (SSSR count). The second-order valence-electron chi connectivity index (χ2n) is 18.6. The van der Waals surface area contributed by atoms with Crippen LogP contribution in [0, 0.1) is 17.8 Å². The van der Waals surface area contributed by atoms with Crippen LogP contribution in [0.2, 0.25) is 0 Å². The van der Waals surface area contributed by atoms with Crippen molar-refractivity contribution < 1.29 is 52.7 Å². The summed E-state index contributed by atoms with van der Waals surface area (Å²) in [6.45, 7) is -0.177. The number of morpholine rings is 1. The van der Waals surface area contributed by atoms with Crippen LogP contribution in [0.15, 0.2) is 127 Å². The fraction of sp³-hybridized carbons (Fsp3) is 0.345. The van der Waals surface area contributed by atoms with Gasteiger partial charge in [0, 0.05) is 31.3 Å². The maximum atomic E-state index is 16.8. The van der Waals surface area contributed by atoms with Crippen LogP contribution in [0.4, 0.5) is 10.5 Å². The minimum absolute atomic E-state index is 0.0594. The molecular weight excluding hydrogens is 915 g/mol. The number of fused-ring (bicyclic) bond motifs is 4. The largest absolute Gasteiger partial charge is 0.493 e. The molecular formula is C58H57N3O11. The van der Waals surface area contributed by atoms with Gasteiger partial charge in [-0.05, 0) is 102 Å². The van der Waals surface area contributed by atoms with Gasteiger partial charge < -0.3 is 38.4 Å². The third-order valence-corrected chi connectivity index (χ3v) is 14.7. The predicted molar refractivity (Wildman–Crippen MR) is 266 cm³/mol. The maximum Gasteiger partial charge on any atom is 0.421 e. The molecule has 0 aromatic heterocycles. The number of nitrogens with zero attached hydrogens (tertiary/aromatic N) is 3. The van der Waals surface area contributed by atoms with E-state index in [0.29, 0.717) is 45.9 Å². The Morgan fingerprint density at radius 2 is 1.49 bits per heavy atom. The first kappa shape index (κ1) is 48.2. The molecule has 2 fully saturated rings. The van der Waals surface area contributed by atoms with Gasteiger partial charge >= 0.3 is 12.1 Å². The summed E-state index contributed by atoms with van der Waals surface area (Å²) < 4.78 is 35.5. The van der Waals surface area contributed by atoms with Crippen LogP contribution in [-0.2, 0) is 47.0 Å². The molecule has 14 heteroatoms. The van der Waals surface area contributed by atoms with Crippen molar-refractivity contribution in [3.63, 3.8) is 0 Å². The molecule has 4 aliphatic heterocycles. The number of carbonyl (C=O) groups is 4. The van der Waals surface area contributed by atoms with Gasteiger partial charge in [-0.2, -0.15) is 0 Å². The van der Waals surface area contributed by atoms with Gasteiger partial charge in [0.25, 0.3) is 0 Å². The Bertz CT molecular complexity index is 2970. The van der Waals surface area contributed by atoms with Crippen LogP contribution in [0.1, 0.15) is 82.8 Å². The molecule has 72 heavy (non-hydrogen) atoms. The Kier molecular flexibility index (Phi) is 13.9. The van der Waals surface area contributed by atoms with Crippen molar-refractivity contribution in [2.24, 2.45) is 5.92 Å². The lowest BCUT2D eigenvalue weighted by Crippen LogP contribution is -2.57. The van der Waals surface area contributed by atoms with E-state index in [1.165, 1.54) is 7.11 Å². The number of imide groups is 1. The van der Waals surface area contributed by atoms with Crippen LogP contribution >= 0.6 is 0 Å². The number of rotatable bonds is 12. The van der Waals surface area contributed by atoms with Gasteiger partial charge in [-0.25, -0.2) is 9.69 Å². The number of hydrogen-bond donors (Lipinski definition) is 1. The number of cyclic esters (lactones) is 1. The summed E-state index contributed by atoms with van der Waals surface area (Å²) in [6.07, 6.45) is 4.54. The van der Waals surface area contributed by atoms with Gasteiger partial charge in [0.2, 0.25) is 11.8 Å². The second-order valence-corrected chi connectivity index (χ2v) is 18.6. The average molecular weight is 972 g/mol. The monoisotopic (exact) mass is 971 g/mol. The minimum atomic E-state index is -2.08. The SMILES string of the molecule is COCCOC(=O)N1C(=O)[C@@]2(c3cc(C#CC4=CCCCC4)ccc31)[C@H](c1ccccc1OCCO)N1[C@H](c3ccccc3)[C@H](c3ccccc3)OC(=O)[C@H]1[C@@H]2C(=O)N1CCc2cc(OC)c(OC)cc2C1. The highest BCUT2D eigenvalue weighted by atomic mass is 16.6. The van der Waals surface area contributed by atoms with Gasteiger partial charge in [0.1, 0.15) is 36.5 Å². The standard InChI is InChI=1S/C58H57N3O11/c1-67-31-32-71-57(66)60-45-26-25-38(24-23-37-15-7-4-8-16-37)33-44(45)58(56(60)65)49(54(63)59-28-27-41-34-47(68-2)48(69-3)35-42(41)36-59)51-55(64)72-52(40-19-11-6-12-20-40)50(39-17-9-5-10-18-39)61(51)53(58)43-21-13-14-22-46(43)70-30-29-62/h5-6,9-15,17-22,25-26,33-35,49-53,62H,4,7-8,16,27-32,36H2,1-3H3/t49-,50-,51-,52+,53+,58-/m1/s1. The summed E-state index contributed by atoms with van der Waals surface area (Å²) in [6, 6.07) is 31.7. The van der Waals surface area contributed by atoms with Gasteiger partial charge in [-0.1, -0.05) is 96.8 Å². The van der Waals surface area contributed by atoms with Crippen LogP contribution in [0.3, 0.4) is 0 Å². The normalized spacial score (nSPS) is 23.2. The van der Waals surface area contributed by atoms with Crippen LogP contribution in [0.5, 0.6) is 17.2 Å². The number of benzene rings is 5. The maximum absolute atomic E-state index is 16.8. The molecule has 1 spiro atoms. The first-order valence-corrected chi connectivity index (χ1v) is 24.5. The molecule has 1 aliphatic carbocycles. The smallest absolute Gasteiger partial charge is 0.421 e. The van der Waals surface area contributed by atoms with Gasteiger partial charge in [-0.3, -0.25) is 19.3 Å². The van der Waals surface area contributed by atoms with Crippen molar-refractivity contribution in [1.82, 2.24) is 9.80 Å². The summed E-state index contributed by atoms with van der Waals surface area (Å²) in [5.74, 6) is 4.57. The van der Waals surface area contributed by atoms with E-state index in [0.717, 1.165) is 52.8 Å². The zero-order valence-electron chi connectivity index (χ0n) is 40.6. The van der Waals surface area contributed by atoms with E-state index < -0.39 is 59.4 Å². The Morgan fingerprint density at radius 3 is 2.19 bits per heavy atom. The van der Waals surface area contributed by atoms with Gasteiger partial charge in [0.05, 0.1) is 51.1 Å². The fourth-order valence-electron chi connectivity index (χ4n) is 11.6. The van der Waals surface area contributed by atoms with Crippen molar-refractivity contribution in [3.8, 4) is 29.1 Å². The molecule has 370 valence electrons. The molecule has 5 aromatic carbocycles. The number of carbonyl (C=O) groups excluding carboxylic acids is 4. The van der Waals surface area contributed by atoms with Crippen molar-refractivity contribution in [1.29, 1.82) is 0 Å². The summed E-state index contributed by atoms with van der Waals surface area (Å²) in [5, 5.41) is 10.2. The Labute approximate surface area is 419 Å². The van der Waals surface area contributed by atoms with E-state index in [2.05, 4.69) is 17.9 Å². The lowest BCUT2D eigenvalue weighted by molar-refractivity contribution is -0.179. The number of amides is 3. The molecule has 0 unspecified atom stereocenters. The summed E-state index contributed by atoms with van der Waals surface area (Å²) >= 11 is 0. The first-order chi connectivity index (χ1) is 35.2. The highest BCUT2D eigenvalue weighted by molar-refractivity contribution is 6.23. The van der Waals surface area contributed by atoms with Crippen molar-refractivity contribution in [2.45, 2.75) is 68.3 Å². The third kappa shape index (κ3) is 8.44. The molecule has 5 aromatic rings. The topological polar surface area (TPSA) is 154 Å². The zero-order valence-corrected chi connectivity index (χ0v) is 40.6. The predicted octanol–water partition coefficient (Wildman–Crippen LogP) is 7.96. The molecule has 6 atom stereocenters. The number of aliphatic hydroxyl groups excluding tert-OH is 1. The second kappa shape index (κ2) is 20.7. The molecule has 4 heterocycles. The van der Waals surface area contributed by atoms with E-state index in [9.17, 15) is 9.90 Å². The molecule has 2 saturated heterocycles. The summed E-state index contributed by atoms with van der Waals surface area (Å²) in [5.41, 5.74) is 3.64. The number of aliphatic hydroxyl groups is 1. The number of allylic oxidation sites excluding steroid dienone is 2. The summed E-state index contributed by atoms with van der Waals surface area (Å²) in [7, 11) is 4.60. The zero-order chi connectivity index (χ0) is 49.9. The highest BCUT2D eigenvalue weighted by Gasteiger charge is 2.76. The Hall–Kier alpha value is -7.44. The molecule has 0 bridgehead atoms. The minimum Gasteiger partial charge on any atom is -0.493 e. The first-order valence-electron chi connectivity index (χ1n) is 24.5. The summed E-state index contributed by atoms with van der Waals surface area (Å²) in [4.78, 5) is 68.5. The number of para-hydroxylation sites is 1. The molecule has 0 radical (unpaired) electrons. The Balaban J connectivity index is 1.28. The van der Waals surface area contributed by atoms with E-state index in [-0.39, 0.29) is 45.2 Å². The molecule has 5 aliphatic rings. The number of hydrogen-bond acceptors (Lipinski definition) is 12.